The third-order valence-corrected chi connectivity index (χ3v) is 7.09. The predicted molar refractivity (Wildman–Crippen MR) is 129 cm³/mol. The van der Waals surface area contributed by atoms with Crippen LogP contribution in [-0.2, 0) is 14.8 Å². The van der Waals surface area contributed by atoms with Crippen molar-refractivity contribution in [2.24, 2.45) is 0 Å². The molecular weight excluding hydrogens is 450 g/mol. The molecule has 1 saturated heterocycles. The molecule has 0 atom stereocenters. The van der Waals surface area contributed by atoms with Gasteiger partial charge in [0.25, 0.3) is 0 Å². The van der Waals surface area contributed by atoms with Gasteiger partial charge in [-0.05, 0) is 55.3 Å². The minimum absolute atomic E-state index is 0.0515. The van der Waals surface area contributed by atoms with E-state index in [9.17, 15) is 13.2 Å². The molecule has 1 amide bonds. The zero-order valence-corrected chi connectivity index (χ0v) is 20.3. The maximum absolute atomic E-state index is 12.7. The van der Waals surface area contributed by atoms with Crippen LogP contribution in [0.3, 0.4) is 0 Å². The maximum Gasteiger partial charge on any atom is 0.232 e. The van der Waals surface area contributed by atoms with E-state index in [1.807, 2.05) is 23.1 Å². The van der Waals surface area contributed by atoms with Crippen LogP contribution in [0, 0.1) is 6.92 Å². The number of aryl methyl sites for hydroxylation is 1. The minimum Gasteiger partial charge on any atom is -0.497 e. The van der Waals surface area contributed by atoms with Crippen LogP contribution < -0.4 is 13.9 Å². The largest absolute Gasteiger partial charge is 0.497 e. The molecule has 174 valence electrons. The third-order valence-electron chi connectivity index (χ3n) is 5.66. The number of amides is 1. The second kappa shape index (κ2) is 10.4. The van der Waals surface area contributed by atoms with Gasteiger partial charge in [-0.3, -0.25) is 9.10 Å². The monoisotopic (exact) mass is 479 g/mol. The van der Waals surface area contributed by atoms with Crippen LogP contribution in [0.2, 0.25) is 5.02 Å². The number of hydrogen-bond donors (Lipinski definition) is 0. The number of hydrogen-bond acceptors (Lipinski definition) is 5. The summed E-state index contributed by atoms with van der Waals surface area (Å²) in [4.78, 5) is 16.8. The zero-order chi connectivity index (χ0) is 23.3. The maximum atomic E-state index is 12.7. The van der Waals surface area contributed by atoms with E-state index in [0.29, 0.717) is 42.4 Å². The van der Waals surface area contributed by atoms with Crippen molar-refractivity contribution >= 4 is 38.9 Å². The Balaban J connectivity index is 1.53. The highest BCUT2D eigenvalue weighted by Gasteiger charge is 2.23. The highest BCUT2D eigenvalue weighted by Crippen LogP contribution is 2.26. The molecule has 32 heavy (non-hydrogen) atoms. The molecule has 0 aromatic heterocycles. The summed E-state index contributed by atoms with van der Waals surface area (Å²) in [7, 11) is -1.90. The number of nitrogens with zero attached hydrogens (tertiary/aromatic N) is 3. The molecule has 0 radical (unpaired) electrons. The number of rotatable bonds is 8. The summed E-state index contributed by atoms with van der Waals surface area (Å²) in [6, 6.07) is 12.7. The lowest BCUT2D eigenvalue weighted by Crippen LogP contribution is -2.49. The fraction of sp³-hybridized carbons (Fsp3) is 0.435. The van der Waals surface area contributed by atoms with Crippen LogP contribution in [-0.4, -0.2) is 65.3 Å². The summed E-state index contributed by atoms with van der Waals surface area (Å²) in [6.07, 6.45) is 1.93. The summed E-state index contributed by atoms with van der Waals surface area (Å²) in [6.45, 7) is 5.07. The van der Waals surface area contributed by atoms with E-state index in [0.717, 1.165) is 24.3 Å². The summed E-state index contributed by atoms with van der Waals surface area (Å²) in [5, 5.41) is 0.705. The molecular formula is C23H30ClN3O4S. The average molecular weight is 480 g/mol. The van der Waals surface area contributed by atoms with E-state index in [1.165, 1.54) is 10.6 Å². The molecule has 7 nitrogen and oxygen atoms in total. The zero-order valence-electron chi connectivity index (χ0n) is 18.8. The Morgan fingerprint density at radius 1 is 1.09 bits per heavy atom. The first kappa shape index (κ1) is 24.2. The number of carbonyl (C=O) groups excluding carboxylic acids is 1. The van der Waals surface area contributed by atoms with Crippen LogP contribution in [0.1, 0.15) is 18.4 Å². The fourth-order valence-electron chi connectivity index (χ4n) is 3.89. The molecule has 1 aliphatic rings. The third kappa shape index (κ3) is 6.07. The first-order valence-corrected chi connectivity index (χ1v) is 12.8. The molecule has 3 rings (SSSR count). The van der Waals surface area contributed by atoms with Crippen LogP contribution in [0.25, 0.3) is 0 Å². The van der Waals surface area contributed by atoms with Gasteiger partial charge in [-0.15, -0.1) is 0 Å². The van der Waals surface area contributed by atoms with E-state index >= 15 is 0 Å². The van der Waals surface area contributed by atoms with E-state index in [2.05, 4.69) is 11.8 Å². The standard InChI is InChI=1S/C23H30ClN3O4S/c1-18-6-7-19(24)17-22(18)25-13-15-26(16-14-25)23(28)5-4-12-27(32(3,29)30)20-8-10-21(31-2)11-9-20/h6-11,17H,4-5,12-16H2,1-3H3. The second-order valence-electron chi connectivity index (χ2n) is 7.94. The van der Waals surface area contributed by atoms with Gasteiger partial charge in [-0.1, -0.05) is 17.7 Å². The molecule has 0 spiro atoms. The second-order valence-corrected chi connectivity index (χ2v) is 10.3. The highest BCUT2D eigenvalue weighted by molar-refractivity contribution is 7.92. The van der Waals surface area contributed by atoms with Gasteiger partial charge >= 0.3 is 0 Å². The number of benzene rings is 2. The van der Waals surface area contributed by atoms with Crippen molar-refractivity contribution in [3.63, 3.8) is 0 Å². The number of ether oxygens (including phenoxy) is 1. The Morgan fingerprint density at radius 2 is 1.75 bits per heavy atom. The highest BCUT2D eigenvalue weighted by atomic mass is 35.5. The van der Waals surface area contributed by atoms with Crippen LogP contribution >= 0.6 is 11.6 Å². The normalized spacial score (nSPS) is 14.4. The lowest BCUT2D eigenvalue weighted by molar-refractivity contribution is -0.131. The van der Waals surface area contributed by atoms with Gasteiger partial charge in [0.2, 0.25) is 15.9 Å². The first-order chi connectivity index (χ1) is 15.2. The van der Waals surface area contributed by atoms with E-state index in [-0.39, 0.29) is 12.5 Å². The van der Waals surface area contributed by atoms with E-state index in [1.54, 1.807) is 31.4 Å². The number of halogens is 1. The van der Waals surface area contributed by atoms with Gasteiger partial charge in [0.1, 0.15) is 5.75 Å². The number of anilines is 2. The average Bonchev–Trinajstić information content (AvgIpc) is 2.77. The molecule has 0 unspecified atom stereocenters. The molecule has 0 N–H and O–H groups in total. The Bertz CT molecular complexity index is 1040. The summed E-state index contributed by atoms with van der Waals surface area (Å²) < 4.78 is 31.0. The number of methoxy groups -OCH3 is 1. The van der Waals surface area contributed by atoms with Gasteiger partial charge in [-0.25, -0.2) is 8.42 Å². The van der Waals surface area contributed by atoms with Crippen molar-refractivity contribution in [3.8, 4) is 5.75 Å². The lowest BCUT2D eigenvalue weighted by Gasteiger charge is -2.37. The summed E-state index contributed by atoms with van der Waals surface area (Å²) in [5.74, 6) is 0.708. The van der Waals surface area contributed by atoms with Gasteiger partial charge < -0.3 is 14.5 Å². The van der Waals surface area contributed by atoms with Gasteiger partial charge in [0.15, 0.2) is 0 Å². The van der Waals surface area contributed by atoms with Crippen molar-refractivity contribution in [2.45, 2.75) is 19.8 Å². The molecule has 0 saturated carbocycles. The Morgan fingerprint density at radius 3 is 2.34 bits per heavy atom. The first-order valence-electron chi connectivity index (χ1n) is 10.6. The molecule has 1 aliphatic heterocycles. The molecule has 9 heteroatoms. The van der Waals surface area contributed by atoms with Crippen LogP contribution in [0.5, 0.6) is 5.75 Å². The predicted octanol–water partition coefficient (Wildman–Crippen LogP) is 3.55. The van der Waals surface area contributed by atoms with Crippen LogP contribution in [0.15, 0.2) is 42.5 Å². The lowest BCUT2D eigenvalue weighted by atomic mass is 10.1. The van der Waals surface area contributed by atoms with Crippen molar-refractivity contribution in [3.05, 3.63) is 53.1 Å². The molecule has 1 heterocycles. The fourth-order valence-corrected chi connectivity index (χ4v) is 5.02. The molecule has 2 aromatic rings. The van der Waals surface area contributed by atoms with Crippen molar-refractivity contribution < 1.29 is 17.9 Å². The van der Waals surface area contributed by atoms with Crippen molar-refractivity contribution in [2.75, 3.05) is 55.3 Å². The molecule has 0 aliphatic carbocycles. The van der Waals surface area contributed by atoms with Crippen LogP contribution in [0.4, 0.5) is 11.4 Å². The van der Waals surface area contributed by atoms with Crippen molar-refractivity contribution in [1.82, 2.24) is 4.90 Å². The number of sulfonamides is 1. The Labute approximate surface area is 195 Å². The summed E-state index contributed by atoms with van der Waals surface area (Å²) >= 11 is 6.15. The quantitative estimate of drug-likeness (QED) is 0.579. The summed E-state index contributed by atoms with van der Waals surface area (Å²) in [5.41, 5.74) is 2.83. The Hall–Kier alpha value is -2.45. The van der Waals surface area contributed by atoms with Gasteiger partial charge in [0.05, 0.1) is 19.1 Å². The molecule has 1 fully saturated rings. The number of piperazine rings is 1. The van der Waals surface area contributed by atoms with Gasteiger partial charge in [0, 0.05) is 49.9 Å². The van der Waals surface area contributed by atoms with E-state index in [4.69, 9.17) is 16.3 Å². The SMILES string of the molecule is COc1ccc(N(CCCC(=O)N2CCN(c3cc(Cl)ccc3C)CC2)S(C)(=O)=O)cc1. The topological polar surface area (TPSA) is 70.2 Å². The molecule has 2 aromatic carbocycles. The minimum atomic E-state index is -3.46. The smallest absolute Gasteiger partial charge is 0.232 e. The number of carbonyl (C=O) groups is 1. The van der Waals surface area contributed by atoms with Crippen molar-refractivity contribution in [1.29, 1.82) is 0 Å². The van der Waals surface area contributed by atoms with Gasteiger partial charge in [-0.2, -0.15) is 0 Å². The van der Waals surface area contributed by atoms with E-state index < -0.39 is 10.0 Å². The Kier molecular flexibility index (Phi) is 7.90. The molecule has 0 bridgehead atoms.